The summed E-state index contributed by atoms with van der Waals surface area (Å²) in [6, 6.07) is 0. The fourth-order valence-electron chi connectivity index (χ4n) is 3.38. The molecule has 1 N–H and O–H groups in total. The van der Waals surface area contributed by atoms with Crippen LogP contribution in [-0.2, 0) is 18.6 Å². The minimum atomic E-state index is 0.0491. The van der Waals surface area contributed by atoms with Gasteiger partial charge in [-0.2, -0.15) is 5.10 Å². The Kier molecular flexibility index (Phi) is 3.93. The summed E-state index contributed by atoms with van der Waals surface area (Å²) < 4.78 is 2.18. The molecular weight excluding hydrogens is 260 g/mol. The van der Waals surface area contributed by atoms with Gasteiger partial charge in [-0.3, -0.25) is 9.58 Å². The Labute approximate surface area is 128 Å². The minimum absolute atomic E-state index is 0.0491. The van der Waals surface area contributed by atoms with Crippen molar-refractivity contribution in [2.45, 2.75) is 52.7 Å². The normalized spacial score (nSPS) is 20.0. The van der Waals surface area contributed by atoms with Crippen LogP contribution >= 0.6 is 0 Å². The zero-order valence-corrected chi connectivity index (χ0v) is 13.8. The molecule has 1 aromatic heterocycles. The fourth-order valence-corrected chi connectivity index (χ4v) is 3.38. The van der Waals surface area contributed by atoms with Gasteiger partial charge in [-0.15, -0.1) is 0 Å². The minimum Gasteiger partial charge on any atom is -0.307 e. The summed E-state index contributed by atoms with van der Waals surface area (Å²) in [4.78, 5) is 2.55. The molecule has 0 amide bonds. The number of hydrogen-bond acceptors (Lipinski definition) is 3. The molecule has 0 atom stereocenters. The summed E-state index contributed by atoms with van der Waals surface area (Å²) in [7, 11) is 0. The standard InChI is InChI=1S/C17H28N4/c1-13(2)14-5-7-20(8-6-14)12-17(3,4)21-11-15-9-18-10-16(15)19-21/h5,11,13,18H,6-10,12H2,1-4H3. The fraction of sp³-hybridized carbons (Fsp3) is 0.706. The number of nitrogens with one attached hydrogen (secondary N) is 1. The van der Waals surface area contributed by atoms with E-state index in [1.54, 1.807) is 5.57 Å². The van der Waals surface area contributed by atoms with Gasteiger partial charge in [0.2, 0.25) is 0 Å². The molecule has 0 unspecified atom stereocenters. The molecule has 0 bridgehead atoms. The Bertz CT molecular complexity index is 517. The van der Waals surface area contributed by atoms with Crippen LogP contribution < -0.4 is 5.32 Å². The highest BCUT2D eigenvalue weighted by Gasteiger charge is 2.28. The van der Waals surface area contributed by atoms with Crippen molar-refractivity contribution in [1.82, 2.24) is 20.0 Å². The van der Waals surface area contributed by atoms with E-state index in [4.69, 9.17) is 5.10 Å². The molecule has 0 aliphatic carbocycles. The molecule has 3 heterocycles. The molecule has 2 aliphatic heterocycles. The van der Waals surface area contributed by atoms with Crippen LogP contribution in [0.5, 0.6) is 0 Å². The van der Waals surface area contributed by atoms with Crippen molar-refractivity contribution < 1.29 is 0 Å². The lowest BCUT2D eigenvalue weighted by atomic mass is 9.95. The van der Waals surface area contributed by atoms with Crippen molar-refractivity contribution in [3.05, 3.63) is 29.1 Å². The topological polar surface area (TPSA) is 33.1 Å². The second-order valence-corrected chi connectivity index (χ2v) is 7.38. The average Bonchev–Trinajstić information content (AvgIpc) is 2.99. The molecule has 116 valence electrons. The number of nitrogens with zero attached hydrogens (tertiary/aromatic N) is 3. The smallest absolute Gasteiger partial charge is 0.0807 e. The summed E-state index contributed by atoms with van der Waals surface area (Å²) in [6.45, 7) is 14.4. The van der Waals surface area contributed by atoms with Crippen molar-refractivity contribution in [1.29, 1.82) is 0 Å². The van der Waals surface area contributed by atoms with Crippen LogP contribution in [-0.4, -0.2) is 34.3 Å². The lowest BCUT2D eigenvalue weighted by molar-refractivity contribution is 0.176. The molecule has 0 spiro atoms. The van der Waals surface area contributed by atoms with Crippen molar-refractivity contribution in [3.63, 3.8) is 0 Å². The Morgan fingerprint density at radius 3 is 2.76 bits per heavy atom. The molecule has 21 heavy (non-hydrogen) atoms. The molecule has 0 fully saturated rings. The van der Waals surface area contributed by atoms with E-state index in [0.29, 0.717) is 5.92 Å². The van der Waals surface area contributed by atoms with Gasteiger partial charge in [0.25, 0.3) is 0 Å². The average molecular weight is 288 g/mol. The van der Waals surface area contributed by atoms with E-state index in [2.05, 4.69) is 54.9 Å². The number of aromatic nitrogens is 2. The van der Waals surface area contributed by atoms with Crippen molar-refractivity contribution in [2.24, 2.45) is 5.92 Å². The molecule has 0 saturated carbocycles. The van der Waals surface area contributed by atoms with Crippen molar-refractivity contribution in [3.8, 4) is 0 Å². The van der Waals surface area contributed by atoms with Crippen LogP contribution in [0.25, 0.3) is 0 Å². The molecule has 3 rings (SSSR count). The van der Waals surface area contributed by atoms with Gasteiger partial charge in [0.1, 0.15) is 0 Å². The number of fused-ring (bicyclic) bond motifs is 1. The third kappa shape index (κ3) is 3.06. The summed E-state index contributed by atoms with van der Waals surface area (Å²) in [6.07, 6.45) is 5.87. The van der Waals surface area contributed by atoms with E-state index in [9.17, 15) is 0 Å². The molecule has 0 radical (unpaired) electrons. The van der Waals surface area contributed by atoms with Crippen molar-refractivity contribution in [2.75, 3.05) is 19.6 Å². The second kappa shape index (κ2) is 5.58. The van der Waals surface area contributed by atoms with Gasteiger partial charge in [0.05, 0.1) is 11.2 Å². The van der Waals surface area contributed by atoms with Gasteiger partial charge in [0, 0.05) is 44.5 Å². The van der Waals surface area contributed by atoms with E-state index < -0.39 is 0 Å². The molecule has 4 nitrogen and oxygen atoms in total. The van der Waals surface area contributed by atoms with E-state index >= 15 is 0 Å². The third-order valence-corrected chi connectivity index (χ3v) is 4.79. The summed E-state index contributed by atoms with van der Waals surface area (Å²) in [5.41, 5.74) is 4.26. The molecular formula is C17H28N4. The molecule has 1 aromatic rings. The quantitative estimate of drug-likeness (QED) is 0.864. The zero-order valence-electron chi connectivity index (χ0n) is 13.8. The third-order valence-electron chi connectivity index (χ3n) is 4.79. The molecule has 0 saturated heterocycles. The molecule has 4 heteroatoms. The van der Waals surface area contributed by atoms with E-state index in [0.717, 1.165) is 26.2 Å². The van der Waals surface area contributed by atoms with Crippen LogP contribution in [0.1, 0.15) is 45.4 Å². The van der Waals surface area contributed by atoms with E-state index in [-0.39, 0.29) is 5.54 Å². The van der Waals surface area contributed by atoms with E-state index in [1.165, 1.54) is 24.2 Å². The maximum Gasteiger partial charge on any atom is 0.0807 e. The highest BCUT2D eigenvalue weighted by molar-refractivity contribution is 5.21. The predicted molar refractivity (Wildman–Crippen MR) is 86.1 cm³/mol. The Hall–Kier alpha value is -1.13. The first-order valence-electron chi connectivity index (χ1n) is 8.15. The van der Waals surface area contributed by atoms with Crippen LogP contribution in [0, 0.1) is 5.92 Å². The molecule has 2 aliphatic rings. The lowest BCUT2D eigenvalue weighted by Gasteiger charge is -2.35. The summed E-state index contributed by atoms with van der Waals surface area (Å²) in [5, 5.41) is 8.13. The van der Waals surface area contributed by atoms with Gasteiger partial charge >= 0.3 is 0 Å². The van der Waals surface area contributed by atoms with Crippen molar-refractivity contribution >= 4 is 0 Å². The maximum absolute atomic E-state index is 4.78. The molecule has 0 aromatic carbocycles. The first-order chi connectivity index (χ1) is 9.95. The number of rotatable bonds is 4. The summed E-state index contributed by atoms with van der Waals surface area (Å²) >= 11 is 0. The van der Waals surface area contributed by atoms with Gasteiger partial charge in [-0.05, 0) is 26.2 Å². The second-order valence-electron chi connectivity index (χ2n) is 7.38. The van der Waals surface area contributed by atoms with Gasteiger partial charge in [-0.25, -0.2) is 0 Å². The van der Waals surface area contributed by atoms with Gasteiger partial charge < -0.3 is 5.32 Å². The predicted octanol–water partition coefficient (Wildman–Crippen LogP) is 2.51. The van der Waals surface area contributed by atoms with Crippen LogP contribution in [0.15, 0.2) is 17.8 Å². The Balaban J connectivity index is 1.66. The zero-order chi connectivity index (χ0) is 15.0. The van der Waals surface area contributed by atoms with Gasteiger partial charge in [0.15, 0.2) is 0 Å². The Morgan fingerprint density at radius 2 is 2.14 bits per heavy atom. The first-order valence-corrected chi connectivity index (χ1v) is 8.15. The Morgan fingerprint density at radius 1 is 1.33 bits per heavy atom. The highest BCUT2D eigenvalue weighted by Crippen LogP contribution is 2.24. The SMILES string of the molecule is CC(C)C1=CCN(CC(C)(C)n2cc3c(n2)CNC3)CC1. The maximum atomic E-state index is 4.78. The first kappa shape index (κ1) is 14.8. The monoisotopic (exact) mass is 288 g/mol. The highest BCUT2D eigenvalue weighted by atomic mass is 15.3. The summed E-state index contributed by atoms with van der Waals surface area (Å²) in [5.74, 6) is 0.696. The lowest BCUT2D eigenvalue weighted by Crippen LogP contribution is -2.43. The van der Waals surface area contributed by atoms with Gasteiger partial charge in [-0.1, -0.05) is 25.5 Å². The van der Waals surface area contributed by atoms with E-state index in [1.807, 2.05) is 0 Å². The van der Waals surface area contributed by atoms with Crippen LogP contribution in [0.3, 0.4) is 0 Å². The van der Waals surface area contributed by atoms with Crippen LogP contribution in [0.2, 0.25) is 0 Å². The number of hydrogen-bond donors (Lipinski definition) is 1. The van der Waals surface area contributed by atoms with Crippen LogP contribution in [0.4, 0.5) is 0 Å². The largest absolute Gasteiger partial charge is 0.307 e.